The molecule has 0 atom stereocenters. The van der Waals surface area contributed by atoms with E-state index >= 15 is 0 Å². The Morgan fingerprint density at radius 1 is 1.28 bits per heavy atom. The number of carbonyl (C=O) groups is 1. The molecule has 0 bridgehead atoms. The van der Waals surface area contributed by atoms with Gasteiger partial charge in [0, 0.05) is 18.8 Å². The monoisotopic (exact) mass is 370 g/mol. The van der Waals surface area contributed by atoms with E-state index in [1.165, 1.54) is 13.0 Å². The van der Waals surface area contributed by atoms with Gasteiger partial charge in [-0.1, -0.05) is 5.16 Å². The lowest BCUT2D eigenvalue weighted by Gasteiger charge is -2.26. The molecule has 1 amide bonds. The fourth-order valence-corrected chi connectivity index (χ4v) is 3.83. The average molecular weight is 370 g/mol. The van der Waals surface area contributed by atoms with E-state index in [9.17, 15) is 17.6 Å². The van der Waals surface area contributed by atoms with Crippen LogP contribution in [-0.4, -0.2) is 55.2 Å². The summed E-state index contributed by atoms with van der Waals surface area (Å²) < 4.78 is 50.0. The number of benzene rings is 1. The Morgan fingerprint density at radius 2 is 2.00 bits per heavy atom. The Hall–Kier alpha value is -2.37. The highest BCUT2D eigenvalue weighted by Crippen LogP contribution is 2.24. The molecular weight excluding hydrogens is 355 g/mol. The number of hydrogen-bond acceptors (Lipinski definition) is 7. The third-order valence-electron chi connectivity index (χ3n) is 3.64. The molecule has 0 aliphatic carbocycles. The van der Waals surface area contributed by atoms with Crippen molar-refractivity contribution in [3.05, 3.63) is 35.4 Å². The molecule has 11 heteroatoms. The number of nitrogens with zero attached hydrogens (tertiary/aromatic N) is 3. The lowest BCUT2D eigenvalue weighted by molar-refractivity contribution is 0.0729. The van der Waals surface area contributed by atoms with Crippen molar-refractivity contribution in [1.82, 2.24) is 14.6 Å². The highest BCUT2D eigenvalue weighted by molar-refractivity contribution is 7.89. The summed E-state index contributed by atoms with van der Waals surface area (Å²) in [5, 5.41) is 9.40. The summed E-state index contributed by atoms with van der Waals surface area (Å²) in [7, 11) is -4.03. The first-order chi connectivity index (χ1) is 11.9. The number of hydrogen-bond donors (Lipinski definition) is 1. The number of aryl methyl sites for hydroxylation is 1. The highest BCUT2D eigenvalue weighted by Gasteiger charge is 2.29. The van der Waals surface area contributed by atoms with Gasteiger partial charge < -0.3 is 10.1 Å². The second kappa shape index (κ2) is 6.86. The molecule has 0 radical (unpaired) electrons. The van der Waals surface area contributed by atoms with Crippen molar-refractivity contribution in [2.24, 2.45) is 0 Å². The molecule has 25 heavy (non-hydrogen) atoms. The van der Waals surface area contributed by atoms with Crippen LogP contribution in [0.5, 0.6) is 0 Å². The molecule has 2 aromatic rings. The van der Waals surface area contributed by atoms with Crippen LogP contribution in [0.3, 0.4) is 0 Å². The maximum absolute atomic E-state index is 14.1. The fraction of sp³-hybridized carbons (Fsp3) is 0.357. The Kier molecular flexibility index (Phi) is 4.79. The molecule has 1 N–H and O–H groups in total. The summed E-state index contributed by atoms with van der Waals surface area (Å²) in [5.41, 5.74) is 0.350. The molecule has 2 heterocycles. The van der Waals surface area contributed by atoms with Crippen LogP contribution in [0, 0.1) is 12.7 Å². The topological polar surface area (TPSA) is 115 Å². The normalized spacial score (nSPS) is 15.9. The minimum Gasteiger partial charge on any atom is -0.379 e. The van der Waals surface area contributed by atoms with Gasteiger partial charge in [-0.2, -0.15) is 4.31 Å². The van der Waals surface area contributed by atoms with E-state index in [4.69, 9.17) is 4.74 Å². The van der Waals surface area contributed by atoms with Crippen LogP contribution < -0.4 is 5.32 Å². The Bertz CT molecular complexity index is 892. The van der Waals surface area contributed by atoms with Gasteiger partial charge in [0.15, 0.2) is 5.69 Å². The van der Waals surface area contributed by atoms with E-state index in [-0.39, 0.29) is 43.4 Å². The number of ether oxygens (including phenoxy) is 1. The Labute approximate surface area is 142 Å². The van der Waals surface area contributed by atoms with Crippen LogP contribution >= 0.6 is 0 Å². The van der Waals surface area contributed by atoms with Crippen LogP contribution in [0.1, 0.15) is 16.2 Å². The predicted octanol–water partition coefficient (Wildman–Crippen LogP) is 0.790. The van der Waals surface area contributed by atoms with Crippen LogP contribution in [0.4, 0.5) is 10.1 Å². The summed E-state index contributed by atoms with van der Waals surface area (Å²) in [5.74, 6) is -1.54. The zero-order valence-corrected chi connectivity index (χ0v) is 14.0. The fourth-order valence-electron chi connectivity index (χ4n) is 2.33. The number of nitrogens with one attached hydrogen (secondary N) is 1. The molecule has 3 rings (SSSR count). The number of sulfonamides is 1. The molecule has 1 aromatic carbocycles. The van der Waals surface area contributed by atoms with Crippen molar-refractivity contribution in [2.45, 2.75) is 11.8 Å². The summed E-state index contributed by atoms with van der Waals surface area (Å²) in [6.45, 7) is 2.31. The number of morpholine rings is 1. The molecule has 1 saturated heterocycles. The second-order valence-electron chi connectivity index (χ2n) is 5.31. The highest BCUT2D eigenvalue weighted by atomic mass is 32.2. The number of aromatic nitrogens is 2. The minimum absolute atomic E-state index is 0.0399. The Morgan fingerprint density at radius 3 is 2.64 bits per heavy atom. The van der Waals surface area contributed by atoms with Crippen molar-refractivity contribution < 1.29 is 27.0 Å². The molecule has 0 spiro atoms. The van der Waals surface area contributed by atoms with Gasteiger partial charge in [0.25, 0.3) is 5.91 Å². The zero-order chi connectivity index (χ0) is 18.0. The SMILES string of the molecule is Cc1nonc1C(=O)Nc1ccc(F)c(S(=O)(=O)N2CCOCC2)c1. The largest absolute Gasteiger partial charge is 0.379 e. The maximum atomic E-state index is 14.1. The molecule has 1 aliphatic heterocycles. The van der Waals surface area contributed by atoms with Gasteiger partial charge in [-0.05, 0) is 30.3 Å². The van der Waals surface area contributed by atoms with Crippen LogP contribution in [0.2, 0.25) is 0 Å². The van der Waals surface area contributed by atoms with Gasteiger partial charge in [0.2, 0.25) is 10.0 Å². The third kappa shape index (κ3) is 3.52. The number of rotatable bonds is 4. The average Bonchev–Trinajstić information content (AvgIpc) is 3.03. The molecule has 0 saturated carbocycles. The van der Waals surface area contributed by atoms with E-state index in [0.717, 1.165) is 16.4 Å². The maximum Gasteiger partial charge on any atom is 0.279 e. The molecular formula is C14H15FN4O5S. The lowest BCUT2D eigenvalue weighted by Crippen LogP contribution is -2.40. The van der Waals surface area contributed by atoms with E-state index < -0.39 is 26.6 Å². The first kappa shape index (κ1) is 17.5. The van der Waals surface area contributed by atoms with Crippen LogP contribution in [0.25, 0.3) is 0 Å². The molecule has 1 aromatic heterocycles. The lowest BCUT2D eigenvalue weighted by atomic mass is 10.3. The van der Waals surface area contributed by atoms with Crippen LogP contribution in [-0.2, 0) is 14.8 Å². The summed E-state index contributed by atoms with van der Waals surface area (Å²) in [6.07, 6.45) is 0. The second-order valence-corrected chi connectivity index (χ2v) is 7.22. The standard InChI is InChI=1S/C14H15FN4O5S/c1-9-13(18-24-17-9)14(20)16-10-2-3-11(15)12(8-10)25(21,22)19-4-6-23-7-5-19/h2-3,8H,4-7H2,1H3,(H,16,20). The zero-order valence-electron chi connectivity index (χ0n) is 13.2. The molecule has 0 unspecified atom stereocenters. The van der Waals surface area contributed by atoms with Gasteiger partial charge in [0.05, 0.1) is 13.2 Å². The smallest absolute Gasteiger partial charge is 0.279 e. The Balaban J connectivity index is 1.88. The summed E-state index contributed by atoms with van der Waals surface area (Å²) >= 11 is 0. The van der Waals surface area contributed by atoms with Gasteiger partial charge >= 0.3 is 0 Å². The third-order valence-corrected chi connectivity index (χ3v) is 5.56. The number of anilines is 1. The molecule has 1 fully saturated rings. The van der Waals surface area contributed by atoms with Crippen molar-refractivity contribution in [3.63, 3.8) is 0 Å². The van der Waals surface area contributed by atoms with E-state index in [1.807, 2.05) is 0 Å². The van der Waals surface area contributed by atoms with E-state index in [0.29, 0.717) is 0 Å². The van der Waals surface area contributed by atoms with Crippen molar-refractivity contribution in [2.75, 3.05) is 31.6 Å². The van der Waals surface area contributed by atoms with Gasteiger partial charge in [-0.3, -0.25) is 4.79 Å². The van der Waals surface area contributed by atoms with Crippen molar-refractivity contribution in [3.8, 4) is 0 Å². The number of halogens is 1. The van der Waals surface area contributed by atoms with E-state index in [1.54, 1.807) is 0 Å². The first-order valence-corrected chi connectivity index (χ1v) is 8.81. The minimum atomic E-state index is -4.03. The number of carbonyl (C=O) groups excluding carboxylic acids is 1. The van der Waals surface area contributed by atoms with Crippen molar-refractivity contribution in [1.29, 1.82) is 0 Å². The van der Waals surface area contributed by atoms with Gasteiger partial charge in [0.1, 0.15) is 16.4 Å². The van der Waals surface area contributed by atoms with E-state index in [2.05, 4.69) is 20.3 Å². The van der Waals surface area contributed by atoms with Gasteiger partial charge in [-0.15, -0.1) is 0 Å². The molecule has 1 aliphatic rings. The quantitative estimate of drug-likeness (QED) is 0.846. The summed E-state index contributed by atoms with van der Waals surface area (Å²) in [4.78, 5) is 11.6. The van der Waals surface area contributed by atoms with Crippen LogP contribution in [0.15, 0.2) is 27.7 Å². The summed E-state index contributed by atoms with van der Waals surface area (Å²) in [6, 6.07) is 3.31. The predicted molar refractivity (Wildman–Crippen MR) is 83.0 cm³/mol. The molecule has 9 nitrogen and oxygen atoms in total. The van der Waals surface area contributed by atoms with Crippen molar-refractivity contribution >= 4 is 21.6 Å². The van der Waals surface area contributed by atoms with Gasteiger partial charge in [-0.25, -0.2) is 17.4 Å². The first-order valence-electron chi connectivity index (χ1n) is 7.37. The molecule has 134 valence electrons. The number of amides is 1.